The monoisotopic (exact) mass is 260 g/mol. The lowest BCUT2D eigenvalue weighted by Gasteiger charge is -2.45. The van der Waals surface area contributed by atoms with E-state index in [9.17, 15) is 0 Å². The highest BCUT2D eigenvalue weighted by atomic mass is 15.2. The van der Waals surface area contributed by atoms with Crippen LogP contribution in [0.1, 0.15) is 37.8 Å². The van der Waals surface area contributed by atoms with E-state index in [0.29, 0.717) is 0 Å². The maximum Gasteiger partial charge on any atom is 0.0372 e. The Morgan fingerprint density at radius 2 is 2.00 bits per heavy atom. The molecule has 2 atom stereocenters. The number of nitrogens with zero attached hydrogens (tertiary/aromatic N) is 1. The maximum atomic E-state index is 6.17. The summed E-state index contributed by atoms with van der Waals surface area (Å²) in [5, 5.41) is 0. The van der Waals surface area contributed by atoms with E-state index in [-0.39, 0.29) is 5.54 Å². The fourth-order valence-corrected chi connectivity index (χ4v) is 3.23. The van der Waals surface area contributed by atoms with Crippen molar-refractivity contribution in [3.8, 4) is 0 Å². The van der Waals surface area contributed by atoms with Crippen molar-refractivity contribution in [3.05, 3.63) is 35.4 Å². The molecule has 0 spiro atoms. The normalized spacial score (nSPS) is 24.3. The van der Waals surface area contributed by atoms with Crippen molar-refractivity contribution in [1.82, 2.24) is 4.90 Å². The second-order valence-electron chi connectivity index (χ2n) is 6.27. The van der Waals surface area contributed by atoms with Crippen molar-refractivity contribution in [2.24, 2.45) is 11.7 Å². The highest BCUT2D eigenvalue weighted by molar-refractivity contribution is 5.32. The highest BCUT2D eigenvalue weighted by Gasteiger charge is 2.36. The molecule has 1 aliphatic rings. The van der Waals surface area contributed by atoms with Crippen molar-refractivity contribution < 1.29 is 0 Å². The number of aryl methyl sites for hydroxylation is 1. The Hall–Kier alpha value is -0.860. The summed E-state index contributed by atoms with van der Waals surface area (Å²) >= 11 is 0. The van der Waals surface area contributed by atoms with Gasteiger partial charge in [-0.2, -0.15) is 0 Å². The van der Waals surface area contributed by atoms with Crippen LogP contribution in [0.2, 0.25) is 0 Å². The van der Waals surface area contributed by atoms with Crippen LogP contribution in [0.4, 0.5) is 0 Å². The van der Waals surface area contributed by atoms with Gasteiger partial charge in [-0.1, -0.05) is 44.5 Å². The first-order valence-electron chi connectivity index (χ1n) is 7.59. The van der Waals surface area contributed by atoms with Gasteiger partial charge >= 0.3 is 0 Å². The minimum Gasteiger partial charge on any atom is -0.329 e. The number of hydrogen-bond donors (Lipinski definition) is 1. The zero-order chi connectivity index (χ0) is 13.9. The molecule has 0 bridgehead atoms. The fourth-order valence-electron chi connectivity index (χ4n) is 3.23. The smallest absolute Gasteiger partial charge is 0.0372 e. The quantitative estimate of drug-likeness (QED) is 0.882. The van der Waals surface area contributed by atoms with Gasteiger partial charge in [-0.25, -0.2) is 0 Å². The minimum absolute atomic E-state index is 0.164. The standard InChI is InChI=1S/C17H28N2/c1-4-14(2)12-19(3)17(13-18)10-9-15-7-5-6-8-16(15)11-17/h5-8,14H,4,9-13,18H2,1-3H3. The highest BCUT2D eigenvalue weighted by Crippen LogP contribution is 2.32. The van der Waals surface area contributed by atoms with Crippen molar-refractivity contribution in [1.29, 1.82) is 0 Å². The SMILES string of the molecule is CCC(C)CN(C)C1(CN)CCc2ccccc2C1. The molecule has 0 heterocycles. The molecule has 0 saturated heterocycles. The molecule has 2 N–H and O–H groups in total. The fraction of sp³-hybridized carbons (Fsp3) is 0.647. The predicted molar refractivity (Wildman–Crippen MR) is 82.3 cm³/mol. The second-order valence-corrected chi connectivity index (χ2v) is 6.27. The van der Waals surface area contributed by atoms with Gasteiger partial charge < -0.3 is 5.73 Å². The van der Waals surface area contributed by atoms with E-state index in [1.165, 1.54) is 24.0 Å². The molecular weight excluding hydrogens is 232 g/mol. The molecule has 1 aromatic rings. The van der Waals surface area contributed by atoms with E-state index in [0.717, 1.165) is 31.8 Å². The molecule has 0 fully saturated rings. The van der Waals surface area contributed by atoms with Crippen LogP contribution in [-0.2, 0) is 12.8 Å². The largest absolute Gasteiger partial charge is 0.329 e. The molecule has 1 aliphatic carbocycles. The molecule has 19 heavy (non-hydrogen) atoms. The van der Waals surface area contributed by atoms with Crippen LogP contribution in [0.5, 0.6) is 0 Å². The van der Waals surface area contributed by atoms with Gasteiger partial charge in [-0.3, -0.25) is 4.90 Å². The number of benzene rings is 1. The van der Waals surface area contributed by atoms with Gasteiger partial charge in [-0.15, -0.1) is 0 Å². The summed E-state index contributed by atoms with van der Waals surface area (Å²) in [6.45, 7) is 6.51. The summed E-state index contributed by atoms with van der Waals surface area (Å²) in [6, 6.07) is 8.84. The molecular formula is C17H28N2. The van der Waals surface area contributed by atoms with E-state index in [4.69, 9.17) is 5.73 Å². The van der Waals surface area contributed by atoms with Crippen molar-refractivity contribution >= 4 is 0 Å². The lowest BCUT2D eigenvalue weighted by Crippen LogP contribution is -2.56. The number of hydrogen-bond acceptors (Lipinski definition) is 2. The van der Waals surface area contributed by atoms with Gasteiger partial charge in [0.1, 0.15) is 0 Å². The number of nitrogens with two attached hydrogens (primary N) is 1. The minimum atomic E-state index is 0.164. The van der Waals surface area contributed by atoms with Crippen LogP contribution in [0, 0.1) is 5.92 Å². The van der Waals surface area contributed by atoms with E-state index in [1.807, 2.05) is 0 Å². The first-order chi connectivity index (χ1) is 9.11. The third kappa shape index (κ3) is 3.01. The van der Waals surface area contributed by atoms with Crippen LogP contribution >= 0.6 is 0 Å². The molecule has 0 saturated carbocycles. The molecule has 106 valence electrons. The van der Waals surface area contributed by atoms with Gasteiger partial charge in [0.05, 0.1) is 0 Å². The maximum absolute atomic E-state index is 6.17. The second kappa shape index (κ2) is 6.06. The van der Waals surface area contributed by atoms with Crippen LogP contribution < -0.4 is 5.73 Å². The zero-order valence-electron chi connectivity index (χ0n) is 12.7. The molecule has 1 aromatic carbocycles. The number of rotatable bonds is 5. The third-order valence-electron chi connectivity index (χ3n) is 4.97. The summed E-state index contributed by atoms with van der Waals surface area (Å²) in [5.74, 6) is 0.741. The van der Waals surface area contributed by atoms with Crippen LogP contribution in [0.15, 0.2) is 24.3 Å². The van der Waals surface area contributed by atoms with Crippen LogP contribution in [0.25, 0.3) is 0 Å². The molecule has 0 radical (unpaired) electrons. The first-order valence-corrected chi connectivity index (χ1v) is 7.59. The Kier molecular flexibility index (Phi) is 4.64. The van der Waals surface area contributed by atoms with Gasteiger partial charge in [0.15, 0.2) is 0 Å². The lowest BCUT2D eigenvalue weighted by atomic mass is 9.76. The van der Waals surface area contributed by atoms with E-state index < -0.39 is 0 Å². The van der Waals surface area contributed by atoms with Crippen LogP contribution in [-0.4, -0.2) is 30.6 Å². The van der Waals surface area contributed by atoms with Crippen LogP contribution in [0.3, 0.4) is 0 Å². The predicted octanol–water partition coefficient (Wildman–Crippen LogP) is 2.85. The topological polar surface area (TPSA) is 29.3 Å². The Morgan fingerprint density at radius 1 is 1.32 bits per heavy atom. The Labute approximate surface area is 118 Å². The van der Waals surface area contributed by atoms with Gasteiger partial charge in [-0.05, 0) is 43.4 Å². The van der Waals surface area contributed by atoms with E-state index >= 15 is 0 Å². The molecule has 2 nitrogen and oxygen atoms in total. The Balaban J connectivity index is 2.16. The molecule has 0 amide bonds. The molecule has 2 unspecified atom stereocenters. The number of likely N-dealkylation sites (N-methyl/N-ethyl adjacent to an activating group) is 1. The summed E-state index contributed by atoms with van der Waals surface area (Å²) in [5.41, 5.74) is 9.35. The molecule has 2 rings (SSSR count). The first kappa shape index (κ1) is 14.5. The van der Waals surface area contributed by atoms with Crippen molar-refractivity contribution in [2.45, 2.75) is 45.1 Å². The summed E-state index contributed by atoms with van der Waals surface area (Å²) < 4.78 is 0. The molecule has 2 heteroatoms. The van der Waals surface area contributed by atoms with Gasteiger partial charge in [0.2, 0.25) is 0 Å². The Morgan fingerprint density at radius 3 is 2.63 bits per heavy atom. The lowest BCUT2D eigenvalue weighted by molar-refractivity contribution is 0.0924. The zero-order valence-corrected chi connectivity index (χ0v) is 12.7. The van der Waals surface area contributed by atoms with Crippen molar-refractivity contribution in [3.63, 3.8) is 0 Å². The summed E-state index contributed by atoms with van der Waals surface area (Å²) in [4.78, 5) is 2.52. The average molecular weight is 260 g/mol. The van der Waals surface area contributed by atoms with Crippen molar-refractivity contribution in [2.75, 3.05) is 20.1 Å². The van der Waals surface area contributed by atoms with E-state index in [1.54, 1.807) is 0 Å². The van der Waals surface area contributed by atoms with Gasteiger partial charge in [0, 0.05) is 18.6 Å². The molecule has 0 aromatic heterocycles. The van der Waals surface area contributed by atoms with E-state index in [2.05, 4.69) is 50.1 Å². The molecule has 0 aliphatic heterocycles. The van der Waals surface area contributed by atoms with Gasteiger partial charge in [0.25, 0.3) is 0 Å². The summed E-state index contributed by atoms with van der Waals surface area (Å²) in [7, 11) is 2.26. The number of fused-ring (bicyclic) bond motifs is 1. The average Bonchev–Trinajstić information content (AvgIpc) is 2.46. The third-order valence-corrected chi connectivity index (χ3v) is 4.97. The summed E-state index contributed by atoms with van der Waals surface area (Å²) in [6.07, 6.45) is 4.69. The Bertz CT molecular complexity index is 415.